The van der Waals surface area contributed by atoms with Crippen LogP contribution in [-0.4, -0.2) is 96.7 Å². The average Bonchev–Trinajstić information content (AvgIpc) is 0.897. The van der Waals surface area contributed by atoms with Crippen LogP contribution in [0.25, 0.3) is 0 Å². The summed E-state index contributed by atoms with van der Waals surface area (Å²) in [5.41, 5.74) is 0. The first-order chi connectivity index (χ1) is 53.6. The highest BCUT2D eigenvalue weighted by atomic mass is 31.2. The maximum absolute atomic E-state index is 13.2. The van der Waals surface area contributed by atoms with Gasteiger partial charge in [-0.15, -0.1) is 0 Å². The lowest BCUT2D eigenvalue weighted by Crippen LogP contribution is -2.30. The van der Waals surface area contributed by atoms with E-state index in [4.69, 9.17) is 37.0 Å². The Morgan fingerprint density at radius 1 is 0.252 bits per heavy atom. The quantitative estimate of drug-likeness (QED) is 0.0222. The lowest BCUT2D eigenvalue weighted by molar-refractivity contribution is -0.161. The molecular formula is C92H180O17P2. The van der Waals surface area contributed by atoms with Crippen LogP contribution in [0, 0.1) is 23.7 Å². The highest BCUT2D eigenvalue weighted by molar-refractivity contribution is 7.47. The Labute approximate surface area is 683 Å². The summed E-state index contributed by atoms with van der Waals surface area (Å²) in [6, 6.07) is 0. The number of unbranched alkanes of at least 4 members (excludes halogenated alkanes) is 54. The summed E-state index contributed by atoms with van der Waals surface area (Å²) in [6.07, 6.45) is 72.5. The second kappa shape index (κ2) is 80.5. The second-order valence-corrected chi connectivity index (χ2v) is 37.6. The molecule has 19 heteroatoms. The Morgan fingerprint density at radius 2 is 0.432 bits per heavy atom. The van der Waals surface area contributed by atoms with Gasteiger partial charge < -0.3 is 33.8 Å². The van der Waals surface area contributed by atoms with Crippen LogP contribution in [0.1, 0.15) is 486 Å². The number of hydrogen-bond acceptors (Lipinski definition) is 15. The number of carbonyl (C=O) groups excluding carboxylic acids is 4. The molecule has 0 aliphatic heterocycles. The van der Waals surface area contributed by atoms with Crippen molar-refractivity contribution < 1.29 is 80.2 Å². The Morgan fingerprint density at radius 3 is 0.640 bits per heavy atom. The first-order valence-electron chi connectivity index (χ1n) is 47.2. The van der Waals surface area contributed by atoms with Gasteiger partial charge in [-0.25, -0.2) is 9.13 Å². The first-order valence-corrected chi connectivity index (χ1v) is 50.2. The van der Waals surface area contributed by atoms with Crippen molar-refractivity contribution in [1.29, 1.82) is 0 Å². The normalized spacial score (nSPS) is 14.1. The molecule has 6 atom stereocenters. The predicted molar refractivity (Wildman–Crippen MR) is 460 cm³/mol. The molecule has 0 aromatic carbocycles. The maximum Gasteiger partial charge on any atom is 0.472 e. The number of phosphoric ester groups is 2. The molecule has 111 heavy (non-hydrogen) atoms. The van der Waals surface area contributed by atoms with Crippen molar-refractivity contribution in [2.24, 2.45) is 23.7 Å². The van der Waals surface area contributed by atoms with Crippen LogP contribution in [0.5, 0.6) is 0 Å². The minimum atomic E-state index is -4.97. The molecule has 0 spiro atoms. The minimum Gasteiger partial charge on any atom is -0.462 e. The molecule has 0 aliphatic carbocycles. The monoisotopic (exact) mass is 1620 g/mol. The van der Waals surface area contributed by atoms with E-state index >= 15 is 0 Å². The van der Waals surface area contributed by atoms with Crippen molar-refractivity contribution in [3.63, 3.8) is 0 Å². The Balaban J connectivity index is 5.18. The van der Waals surface area contributed by atoms with E-state index in [0.717, 1.165) is 114 Å². The molecule has 0 saturated carbocycles. The zero-order valence-corrected chi connectivity index (χ0v) is 75.4. The van der Waals surface area contributed by atoms with Crippen molar-refractivity contribution in [3.05, 3.63) is 0 Å². The third kappa shape index (κ3) is 84.3. The number of phosphoric acid groups is 2. The van der Waals surface area contributed by atoms with Gasteiger partial charge in [0.15, 0.2) is 12.2 Å². The molecule has 17 nitrogen and oxygen atoms in total. The van der Waals surface area contributed by atoms with Gasteiger partial charge in [-0.3, -0.25) is 37.3 Å². The van der Waals surface area contributed by atoms with E-state index in [9.17, 15) is 43.2 Å². The van der Waals surface area contributed by atoms with Gasteiger partial charge in [0.25, 0.3) is 0 Å². The molecule has 0 amide bonds. The predicted octanol–water partition coefficient (Wildman–Crippen LogP) is 28.3. The van der Waals surface area contributed by atoms with E-state index in [1.165, 1.54) is 283 Å². The van der Waals surface area contributed by atoms with Crippen LogP contribution < -0.4 is 0 Å². The largest absolute Gasteiger partial charge is 0.472 e. The molecule has 0 heterocycles. The number of rotatable bonds is 89. The van der Waals surface area contributed by atoms with Crippen molar-refractivity contribution in [2.75, 3.05) is 39.6 Å². The van der Waals surface area contributed by atoms with Crippen molar-refractivity contribution in [2.45, 2.75) is 504 Å². The number of ether oxygens (including phenoxy) is 4. The van der Waals surface area contributed by atoms with E-state index in [0.29, 0.717) is 31.6 Å². The van der Waals surface area contributed by atoms with Crippen molar-refractivity contribution >= 4 is 39.5 Å². The first kappa shape index (κ1) is 109. The third-order valence-electron chi connectivity index (χ3n) is 21.9. The van der Waals surface area contributed by atoms with Crippen LogP contribution in [0.3, 0.4) is 0 Å². The third-order valence-corrected chi connectivity index (χ3v) is 23.8. The molecule has 0 aromatic rings. The SMILES string of the molecule is CCC(C)CCCCCCCCCCCCCCCCCCCCC(=O)OC[C@H](COP(=O)(O)OCC(O)COP(=O)(O)OC[C@@H](COC(=O)CCCCCCCCC(C)C)OC(=O)CCCCCCCCCCCCCCCCCCCCC(C)C)OC(=O)CCCCCCCCCCCCCCCCCCC(C)C. The smallest absolute Gasteiger partial charge is 0.462 e. The standard InChI is InChI=1S/C92H180O17P2/c1-9-85(8)71-63-55-46-40-34-28-22-15-11-13-16-23-29-35-41-47-56-64-72-89(94)102-78-87(108-91(96)74-66-59-49-43-37-31-25-19-18-21-27-33-39-45-53-61-69-83(4)5)80-106-110(98,99)104-76-86(93)77-105-111(100,101)107-81-88(79-103-90(95)73-65-57-51-50-54-62-70-84(6)7)109-92(97)75-67-58-48-42-36-30-24-17-12-10-14-20-26-32-38-44-52-60-68-82(2)3/h82-88,93H,9-81H2,1-8H3,(H,98,99)(H,100,101)/t85?,86?,87-,88-/m1/s1. The van der Waals surface area contributed by atoms with Gasteiger partial charge in [-0.1, -0.05) is 434 Å². The number of esters is 4. The number of carbonyl (C=O) groups is 4. The lowest BCUT2D eigenvalue weighted by atomic mass is 9.99. The van der Waals surface area contributed by atoms with Crippen LogP contribution in [0.2, 0.25) is 0 Å². The van der Waals surface area contributed by atoms with E-state index in [1.54, 1.807) is 0 Å². The molecule has 0 rings (SSSR count). The number of hydrogen-bond donors (Lipinski definition) is 3. The van der Waals surface area contributed by atoms with E-state index in [-0.39, 0.29) is 25.7 Å². The lowest BCUT2D eigenvalue weighted by Gasteiger charge is -2.21. The van der Waals surface area contributed by atoms with Crippen LogP contribution in [0.4, 0.5) is 0 Å². The van der Waals surface area contributed by atoms with Gasteiger partial charge >= 0.3 is 39.5 Å². The molecule has 3 N–H and O–H groups in total. The maximum atomic E-state index is 13.2. The summed E-state index contributed by atoms with van der Waals surface area (Å²) in [5, 5.41) is 10.7. The Hall–Kier alpha value is -1.94. The Bertz CT molecular complexity index is 2150. The molecule has 0 saturated heterocycles. The average molecular weight is 1620 g/mol. The van der Waals surface area contributed by atoms with Crippen LogP contribution in [0.15, 0.2) is 0 Å². The zero-order chi connectivity index (χ0) is 81.6. The molecule has 4 unspecified atom stereocenters. The van der Waals surface area contributed by atoms with Crippen molar-refractivity contribution in [3.8, 4) is 0 Å². The van der Waals surface area contributed by atoms with E-state index < -0.39 is 97.5 Å². The fourth-order valence-electron chi connectivity index (χ4n) is 14.3. The Kier molecular flexibility index (Phi) is 79.1. The molecule has 0 radical (unpaired) electrons. The molecule has 0 bridgehead atoms. The fourth-order valence-corrected chi connectivity index (χ4v) is 15.9. The minimum absolute atomic E-state index is 0.107. The van der Waals surface area contributed by atoms with Crippen LogP contribution >= 0.6 is 15.6 Å². The zero-order valence-electron chi connectivity index (χ0n) is 73.6. The van der Waals surface area contributed by atoms with Crippen LogP contribution in [-0.2, 0) is 65.4 Å². The molecule has 0 aromatic heterocycles. The van der Waals surface area contributed by atoms with E-state index in [2.05, 4.69) is 55.4 Å². The summed E-state index contributed by atoms with van der Waals surface area (Å²) in [7, 11) is -9.94. The molecule has 0 fully saturated rings. The van der Waals surface area contributed by atoms with Gasteiger partial charge in [-0.05, 0) is 49.4 Å². The van der Waals surface area contributed by atoms with Gasteiger partial charge in [0.2, 0.25) is 0 Å². The van der Waals surface area contributed by atoms with Gasteiger partial charge in [-0.2, -0.15) is 0 Å². The highest BCUT2D eigenvalue weighted by Crippen LogP contribution is 2.45. The number of aliphatic hydroxyl groups is 1. The number of aliphatic hydroxyl groups excluding tert-OH is 1. The van der Waals surface area contributed by atoms with E-state index in [1.807, 2.05) is 0 Å². The second-order valence-electron chi connectivity index (χ2n) is 34.7. The fraction of sp³-hybridized carbons (Fsp3) is 0.957. The van der Waals surface area contributed by atoms with Gasteiger partial charge in [0.1, 0.15) is 19.3 Å². The summed E-state index contributed by atoms with van der Waals surface area (Å²) in [5.74, 6) is 1.08. The molecule has 0 aliphatic rings. The summed E-state index contributed by atoms with van der Waals surface area (Å²) in [4.78, 5) is 73.4. The molecular weight excluding hydrogens is 1440 g/mol. The topological polar surface area (TPSA) is 237 Å². The van der Waals surface area contributed by atoms with Gasteiger partial charge in [0, 0.05) is 25.7 Å². The van der Waals surface area contributed by atoms with Gasteiger partial charge in [0.05, 0.1) is 26.4 Å². The highest BCUT2D eigenvalue weighted by Gasteiger charge is 2.31. The summed E-state index contributed by atoms with van der Waals surface area (Å²) >= 11 is 0. The molecule has 660 valence electrons. The summed E-state index contributed by atoms with van der Waals surface area (Å²) in [6.45, 7) is 14.4. The van der Waals surface area contributed by atoms with Crippen molar-refractivity contribution in [1.82, 2.24) is 0 Å². The summed E-state index contributed by atoms with van der Waals surface area (Å²) < 4.78 is 69.0.